The SMILES string of the molecule is NC(=S)c1ccc(Nc2ccc(Cl)c(Br)c2)c(Cl)c1. The number of hydrogen-bond donors (Lipinski definition) is 2. The van der Waals surface area contributed by atoms with Crippen LogP contribution in [0.4, 0.5) is 11.4 Å². The summed E-state index contributed by atoms with van der Waals surface area (Å²) in [5, 5.41) is 4.41. The molecule has 0 atom stereocenters. The van der Waals surface area contributed by atoms with Gasteiger partial charge in [-0.05, 0) is 52.3 Å². The highest BCUT2D eigenvalue weighted by atomic mass is 79.9. The first-order valence-corrected chi connectivity index (χ1v) is 7.24. The molecule has 0 fully saturated rings. The average Bonchev–Trinajstić information content (AvgIpc) is 2.36. The van der Waals surface area contributed by atoms with E-state index in [9.17, 15) is 0 Å². The Labute approximate surface area is 135 Å². The number of nitrogens with two attached hydrogens (primary N) is 1. The molecule has 0 spiro atoms. The zero-order valence-electron chi connectivity index (χ0n) is 9.58. The van der Waals surface area contributed by atoms with Gasteiger partial charge in [-0.1, -0.05) is 35.4 Å². The molecule has 19 heavy (non-hydrogen) atoms. The Hall–Kier alpha value is -0.810. The molecule has 2 nitrogen and oxygen atoms in total. The molecule has 6 heteroatoms. The number of halogens is 3. The van der Waals surface area contributed by atoms with Gasteiger partial charge in [0.05, 0.1) is 15.7 Å². The molecular weight excluding hydrogens is 367 g/mol. The fraction of sp³-hybridized carbons (Fsp3) is 0. The lowest BCUT2D eigenvalue weighted by Gasteiger charge is -2.10. The topological polar surface area (TPSA) is 38.0 Å². The van der Waals surface area contributed by atoms with Gasteiger partial charge in [-0.15, -0.1) is 0 Å². The van der Waals surface area contributed by atoms with Gasteiger partial charge in [0.1, 0.15) is 4.99 Å². The Balaban J connectivity index is 2.28. The summed E-state index contributed by atoms with van der Waals surface area (Å²) in [6.45, 7) is 0. The molecule has 0 saturated heterocycles. The molecule has 2 rings (SSSR count). The molecule has 2 aromatic carbocycles. The van der Waals surface area contributed by atoms with Crippen molar-refractivity contribution in [3.8, 4) is 0 Å². The van der Waals surface area contributed by atoms with Gasteiger partial charge in [0.2, 0.25) is 0 Å². The smallest absolute Gasteiger partial charge is 0.104 e. The Morgan fingerprint density at radius 1 is 1.11 bits per heavy atom. The van der Waals surface area contributed by atoms with Crippen LogP contribution in [0, 0.1) is 0 Å². The fourth-order valence-corrected chi connectivity index (χ4v) is 2.35. The van der Waals surface area contributed by atoms with Crippen LogP contribution in [0.15, 0.2) is 40.9 Å². The van der Waals surface area contributed by atoms with Crippen LogP contribution < -0.4 is 11.1 Å². The van der Waals surface area contributed by atoms with Gasteiger partial charge in [0, 0.05) is 15.7 Å². The molecule has 0 radical (unpaired) electrons. The third-order valence-electron chi connectivity index (χ3n) is 2.45. The summed E-state index contributed by atoms with van der Waals surface area (Å²) in [5.74, 6) is 0. The van der Waals surface area contributed by atoms with Gasteiger partial charge in [-0.25, -0.2) is 0 Å². The third kappa shape index (κ3) is 3.60. The van der Waals surface area contributed by atoms with Crippen LogP contribution in [0.5, 0.6) is 0 Å². The monoisotopic (exact) mass is 374 g/mol. The first-order valence-electron chi connectivity index (χ1n) is 5.29. The molecule has 0 aliphatic carbocycles. The van der Waals surface area contributed by atoms with Gasteiger partial charge in [-0.3, -0.25) is 0 Å². The second-order valence-electron chi connectivity index (χ2n) is 3.81. The van der Waals surface area contributed by atoms with Crippen molar-refractivity contribution in [2.75, 3.05) is 5.32 Å². The highest BCUT2D eigenvalue weighted by molar-refractivity contribution is 9.10. The average molecular weight is 376 g/mol. The lowest BCUT2D eigenvalue weighted by atomic mass is 10.2. The molecule has 0 amide bonds. The molecule has 0 aliphatic heterocycles. The van der Waals surface area contributed by atoms with Gasteiger partial charge in [0.15, 0.2) is 0 Å². The zero-order chi connectivity index (χ0) is 14.0. The summed E-state index contributed by atoms with van der Waals surface area (Å²) in [7, 11) is 0. The van der Waals surface area contributed by atoms with Gasteiger partial charge >= 0.3 is 0 Å². The van der Waals surface area contributed by atoms with E-state index in [4.69, 9.17) is 41.2 Å². The van der Waals surface area contributed by atoms with E-state index < -0.39 is 0 Å². The summed E-state index contributed by atoms with van der Waals surface area (Å²) in [5.41, 5.74) is 7.94. The van der Waals surface area contributed by atoms with E-state index in [0.717, 1.165) is 21.4 Å². The molecule has 0 heterocycles. The highest BCUT2D eigenvalue weighted by Gasteiger charge is 2.05. The predicted octanol–water partition coefficient (Wildman–Crippen LogP) is 5.13. The Morgan fingerprint density at radius 2 is 1.84 bits per heavy atom. The van der Waals surface area contributed by atoms with E-state index in [2.05, 4.69) is 21.2 Å². The van der Waals surface area contributed by atoms with Crippen LogP contribution in [0.1, 0.15) is 5.56 Å². The molecule has 0 unspecified atom stereocenters. The van der Waals surface area contributed by atoms with Crippen LogP contribution >= 0.6 is 51.3 Å². The van der Waals surface area contributed by atoms with Crippen LogP contribution in [-0.4, -0.2) is 4.99 Å². The van der Waals surface area contributed by atoms with Gasteiger partial charge in [0.25, 0.3) is 0 Å². The minimum atomic E-state index is 0.322. The van der Waals surface area contributed by atoms with E-state index in [1.54, 1.807) is 12.1 Å². The van der Waals surface area contributed by atoms with Crippen molar-refractivity contribution in [2.45, 2.75) is 0 Å². The molecular formula is C13H9BrCl2N2S. The largest absolute Gasteiger partial charge is 0.389 e. The molecule has 3 N–H and O–H groups in total. The van der Waals surface area contributed by atoms with E-state index >= 15 is 0 Å². The summed E-state index contributed by atoms with van der Waals surface area (Å²) < 4.78 is 0.815. The minimum absolute atomic E-state index is 0.322. The second-order valence-corrected chi connectivity index (χ2v) is 5.92. The first-order chi connectivity index (χ1) is 8.97. The zero-order valence-corrected chi connectivity index (χ0v) is 13.5. The third-order valence-corrected chi connectivity index (χ3v) is 4.21. The molecule has 2 aromatic rings. The number of anilines is 2. The number of hydrogen-bond acceptors (Lipinski definition) is 2. The molecule has 0 aliphatic rings. The Kier molecular flexibility index (Phi) is 4.68. The maximum Gasteiger partial charge on any atom is 0.104 e. The normalized spacial score (nSPS) is 10.3. The molecule has 0 bridgehead atoms. The number of nitrogens with one attached hydrogen (secondary N) is 1. The van der Waals surface area contributed by atoms with Crippen molar-refractivity contribution in [2.24, 2.45) is 5.73 Å². The maximum atomic E-state index is 6.18. The van der Waals surface area contributed by atoms with Crippen LogP contribution in [0.3, 0.4) is 0 Å². The summed E-state index contributed by atoms with van der Waals surface area (Å²) in [4.78, 5) is 0.322. The van der Waals surface area contributed by atoms with Crippen molar-refractivity contribution in [1.29, 1.82) is 0 Å². The van der Waals surface area contributed by atoms with E-state index in [0.29, 0.717) is 15.0 Å². The summed E-state index contributed by atoms with van der Waals surface area (Å²) in [6.07, 6.45) is 0. The Bertz CT molecular complexity index is 647. The van der Waals surface area contributed by atoms with Crippen molar-refractivity contribution in [1.82, 2.24) is 0 Å². The maximum absolute atomic E-state index is 6.18. The summed E-state index contributed by atoms with van der Waals surface area (Å²) in [6, 6.07) is 10.9. The first kappa shape index (κ1) is 14.6. The van der Waals surface area contributed by atoms with Crippen molar-refractivity contribution in [3.63, 3.8) is 0 Å². The quantitative estimate of drug-likeness (QED) is 0.730. The van der Waals surface area contributed by atoms with E-state index in [1.165, 1.54) is 0 Å². The van der Waals surface area contributed by atoms with Crippen molar-refractivity contribution in [3.05, 3.63) is 56.5 Å². The lowest BCUT2D eigenvalue weighted by Crippen LogP contribution is -2.09. The van der Waals surface area contributed by atoms with E-state index in [1.807, 2.05) is 24.3 Å². The minimum Gasteiger partial charge on any atom is -0.389 e. The van der Waals surface area contributed by atoms with Gasteiger partial charge < -0.3 is 11.1 Å². The van der Waals surface area contributed by atoms with Crippen LogP contribution in [-0.2, 0) is 0 Å². The number of benzene rings is 2. The van der Waals surface area contributed by atoms with Crippen LogP contribution in [0.25, 0.3) is 0 Å². The number of rotatable bonds is 3. The molecule has 98 valence electrons. The lowest BCUT2D eigenvalue weighted by molar-refractivity contribution is 1.52. The fourth-order valence-electron chi connectivity index (χ4n) is 1.50. The predicted molar refractivity (Wildman–Crippen MR) is 89.8 cm³/mol. The highest BCUT2D eigenvalue weighted by Crippen LogP contribution is 2.30. The molecule has 0 saturated carbocycles. The van der Waals surface area contributed by atoms with Crippen molar-refractivity contribution >= 4 is 67.7 Å². The van der Waals surface area contributed by atoms with Crippen molar-refractivity contribution < 1.29 is 0 Å². The Morgan fingerprint density at radius 3 is 2.42 bits per heavy atom. The second kappa shape index (κ2) is 6.09. The number of thiocarbonyl (C=S) groups is 1. The molecule has 0 aromatic heterocycles. The van der Waals surface area contributed by atoms with Crippen LogP contribution in [0.2, 0.25) is 10.0 Å². The summed E-state index contributed by atoms with van der Waals surface area (Å²) >= 11 is 20.4. The van der Waals surface area contributed by atoms with E-state index in [-0.39, 0.29) is 0 Å². The van der Waals surface area contributed by atoms with Gasteiger partial charge in [-0.2, -0.15) is 0 Å². The standard InChI is InChI=1S/C13H9BrCl2N2S/c14-9-6-8(2-3-10(9)15)18-12-4-1-7(13(17)19)5-11(12)16/h1-6,18H,(H2,17,19).